The van der Waals surface area contributed by atoms with Crippen LogP contribution >= 0.6 is 11.3 Å². The Labute approximate surface area is 309 Å². The van der Waals surface area contributed by atoms with Gasteiger partial charge in [0.15, 0.2) is 5.82 Å². The number of aromatic nitrogens is 2. The molecule has 246 valence electrons. The maximum Gasteiger partial charge on any atom is 0.160 e. The van der Waals surface area contributed by atoms with E-state index in [1.54, 1.807) is 0 Å². The first-order valence-corrected chi connectivity index (χ1v) is 18.6. The smallest absolute Gasteiger partial charge is 0.160 e. The van der Waals surface area contributed by atoms with Crippen LogP contribution in [0.2, 0.25) is 0 Å². The molecule has 0 spiro atoms. The van der Waals surface area contributed by atoms with Crippen molar-refractivity contribution in [1.82, 2.24) is 9.97 Å². The zero-order chi connectivity index (χ0) is 34.7. The highest BCUT2D eigenvalue weighted by Crippen LogP contribution is 2.51. The van der Waals surface area contributed by atoms with Crippen molar-refractivity contribution >= 4 is 23.0 Å². The summed E-state index contributed by atoms with van der Waals surface area (Å²) in [6, 6.07) is 49.2. The Hall–Kier alpha value is -6.34. The zero-order valence-electron chi connectivity index (χ0n) is 28.6. The fourth-order valence-corrected chi connectivity index (χ4v) is 8.73. The predicted octanol–water partition coefficient (Wildman–Crippen LogP) is 12.8. The molecule has 0 atom stereocenters. The molecule has 0 bridgehead atoms. The van der Waals surface area contributed by atoms with Gasteiger partial charge in [0.2, 0.25) is 0 Å². The summed E-state index contributed by atoms with van der Waals surface area (Å²) in [4.78, 5) is 13.1. The second kappa shape index (κ2) is 14.1. The summed E-state index contributed by atoms with van der Waals surface area (Å²) >= 11 is 1.91. The average Bonchev–Trinajstić information content (AvgIpc) is 3.39. The van der Waals surface area contributed by atoms with Gasteiger partial charge < -0.3 is 0 Å². The van der Waals surface area contributed by atoms with Crippen molar-refractivity contribution in [1.29, 1.82) is 0 Å². The maximum absolute atomic E-state index is 5.34. The molecular weight excluding hydrogens is 649 g/mol. The van der Waals surface area contributed by atoms with Crippen LogP contribution in [-0.2, 0) is 6.42 Å². The van der Waals surface area contributed by atoms with Gasteiger partial charge in [-0.25, -0.2) is 9.97 Å². The molecule has 0 amide bonds. The molecule has 9 rings (SSSR count). The lowest BCUT2D eigenvalue weighted by Crippen LogP contribution is -2.00. The maximum atomic E-state index is 5.34. The molecule has 5 aromatic carbocycles. The van der Waals surface area contributed by atoms with E-state index in [0.717, 1.165) is 40.9 Å². The van der Waals surface area contributed by atoms with Crippen LogP contribution in [-0.4, -0.2) is 9.97 Å². The van der Waals surface area contributed by atoms with Crippen molar-refractivity contribution in [3.63, 3.8) is 0 Å². The first kappa shape index (κ1) is 31.6. The number of hydrogen-bond acceptors (Lipinski definition) is 3. The number of nitrogens with zero attached hydrogens (tertiary/aromatic N) is 2. The second-order valence-electron chi connectivity index (χ2n) is 13.0. The largest absolute Gasteiger partial charge is 0.228 e. The van der Waals surface area contributed by atoms with Crippen molar-refractivity contribution in [3.8, 4) is 77.8 Å². The Bertz CT molecular complexity index is 2520. The van der Waals surface area contributed by atoms with Crippen LogP contribution in [0.5, 0.6) is 0 Å². The Morgan fingerprint density at radius 2 is 1.23 bits per heavy atom. The van der Waals surface area contributed by atoms with Gasteiger partial charge in [0.25, 0.3) is 0 Å². The van der Waals surface area contributed by atoms with E-state index in [1.807, 2.05) is 41.7 Å². The summed E-state index contributed by atoms with van der Waals surface area (Å²) in [7, 11) is 0. The second-order valence-corrected chi connectivity index (χ2v) is 14.0. The van der Waals surface area contributed by atoms with Gasteiger partial charge in [0.1, 0.15) is 0 Å². The third kappa shape index (κ3) is 6.04. The topological polar surface area (TPSA) is 25.8 Å². The minimum atomic E-state index is 0.676. The highest BCUT2D eigenvalue weighted by Gasteiger charge is 2.27. The minimum absolute atomic E-state index is 0.676. The summed E-state index contributed by atoms with van der Waals surface area (Å²) < 4.78 is 0. The summed E-state index contributed by atoms with van der Waals surface area (Å²) in [5.41, 5.74) is 15.0. The molecule has 2 aliphatic carbocycles. The number of thiophene rings is 1. The number of fused-ring (bicyclic) bond motifs is 1. The van der Waals surface area contributed by atoms with Crippen molar-refractivity contribution in [2.24, 2.45) is 0 Å². The van der Waals surface area contributed by atoms with Crippen LogP contribution in [0.4, 0.5) is 0 Å². The summed E-state index contributed by atoms with van der Waals surface area (Å²) in [5.74, 6) is 7.28. The first-order valence-electron chi connectivity index (χ1n) is 17.8. The lowest BCUT2D eigenvalue weighted by atomic mass is 9.86. The van der Waals surface area contributed by atoms with E-state index in [0.29, 0.717) is 12.2 Å². The summed E-state index contributed by atoms with van der Waals surface area (Å²) in [6.07, 6.45) is 13.6. The summed E-state index contributed by atoms with van der Waals surface area (Å²) in [6.45, 7) is 0. The van der Waals surface area contributed by atoms with Crippen LogP contribution in [0, 0.1) is 11.8 Å². The van der Waals surface area contributed by atoms with E-state index in [-0.39, 0.29) is 0 Å². The van der Waals surface area contributed by atoms with Gasteiger partial charge >= 0.3 is 0 Å². The van der Waals surface area contributed by atoms with E-state index >= 15 is 0 Å². The van der Waals surface area contributed by atoms with Crippen molar-refractivity contribution in [2.75, 3.05) is 0 Å². The molecule has 2 nitrogen and oxygen atoms in total. The van der Waals surface area contributed by atoms with Gasteiger partial charge in [-0.15, -0.1) is 11.3 Å². The van der Waals surface area contributed by atoms with Gasteiger partial charge in [-0.05, 0) is 58.4 Å². The van der Waals surface area contributed by atoms with Gasteiger partial charge in [-0.1, -0.05) is 170 Å². The lowest BCUT2D eigenvalue weighted by molar-refractivity contribution is 0.996. The van der Waals surface area contributed by atoms with E-state index in [4.69, 9.17) is 9.97 Å². The Kier molecular flexibility index (Phi) is 8.59. The van der Waals surface area contributed by atoms with Crippen molar-refractivity contribution in [2.45, 2.75) is 19.3 Å². The molecule has 52 heavy (non-hydrogen) atoms. The van der Waals surface area contributed by atoms with Gasteiger partial charge in [-0.2, -0.15) is 0 Å². The van der Waals surface area contributed by atoms with Crippen LogP contribution in [0.25, 0.3) is 77.6 Å². The normalized spacial score (nSPS) is 13.1. The lowest BCUT2D eigenvalue weighted by Gasteiger charge is -2.19. The molecule has 3 heteroatoms. The molecule has 0 radical (unpaired) electrons. The van der Waals surface area contributed by atoms with Crippen LogP contribution in [0.1, 0.15) is 29.5 Å². The molecule has 0 fully saturated rings. The molecule has 2 aromatic heterocycles. The Morgan fingerprint density at radius 1 is 0.577 bits per heavy atom. The van der Waals surface area contributed by atoms with E-state index in [1.165, 1.54) is 54.3 Å². The van der Waals surface area contributed by atoms with E-state index in [2.05, 4.69) is 151 Å². The molecule has 0 unspecified atom stereocenters. The number of benzene rings is 5. The third-order valence-corrected chi connectivity index (χ3v) is 11.0. The third-order valence-electron chi connectivity index (χ3n) is 9.75. The monoisotopic (exact) mass is 682 g/mol. The van der Waals surface area contributed by atoms with Gasteiger partial charge in [0.05, 0.1) is 11.4 Å². The highest BCUT2D eigenvalue weighted by atomic mass is 32.1. The van der Waals surface area contributed by atoms with Crippen LogP contribution in [0.15, 0.2) is 164 Å². The molecule has 2 aliphatic rings. The molecule has 0 saturated carbocycles. The van der Waals surface area contributed by atoms with Crippen molar-refractivity contribution < 1.29 is 0 Å². The highest BCUT2D eigenvalue weighted by molar-refractivity contribution is 7.19. The van der Waals surface area contributed by atoms with Crippen LogP contribution in [0.3, 0.4) is 0 Å². The Morgan fingerprint density at radius 3 is 2.02 bits per heavy atom. The average molecular weight is 683 g/mol. The van der Waals surface area contributed by atoms with Crippen molar-refractivity contribution in [3.05, 3.63) is 181 Å². The minimum Gasteiger partial charge on any atom is -0.228 e. The number of rotatable bonds is 7. The molecule has 0 N–H and O–H groups in total. The standard InChI is InChI=1S/C49H34N2S/c1-2-7-22-35(21-6-1)39-31-18-32-43(45-33-44(36-23-10-4-11-24-36)50-49(51-45)37-25-12-5-13-26-37)46(39)48-42-30-17-16-29-41(42)47(52-48)40-28-15-14-27-38(40)34-19-8-3-9-20-34/h1,3-6,8-16,18-21,23-29,31-33H,17,22,30H2. The van der Waals surface area contributed by atoms with Gasteiger partial charge in [0, 0.05) is 44.0 Å². The molecular formula is C49H34N2S. The molecule has 0 aliphatic heterocycles. The molecule has 0 saturated heterocycles. The van der Waals surface area contributed by atoms with Gasteiger partial charge in [-0.3, -0.25) is 0 Å². The number of allylic oxidation sites excluding steroid dienone is 5. The first-order chi connectivity index (χ1) is 25.8. The predicted molar refractivity (Wildman–Crippen MR) is 219 cm³/mol. The fourth-order valence-electron chi connectivity index (χ4n) is 7.28. The molecule has 7 aromatic rings. The molecule has 2 heterocycles. The fraction of sp³-hybridized carbons (Fsp3) is 0.0612. The zero-order valence-corrected chi connectivity index (χ0v) is 29.4. The SMILES string of the molecule is C1#CCC(c2cccc(-c3cc(-c4ccccc4)nc(-c4ccccc4)n3)c2-c2sc(-c3ccccc3-c3ccccc3)c3c2CCC=C3)=CC=C1. The quantitative estimate of drug-likeness (QED) is 0.156. The summed E-state index contributed by atoms with van der Waals surface area (Å²) in [5, 5.41) is 0. The number of hydrogen-bond donors (Lipinski definition) is 0. The Balaban J connectivity index is 1.33. The van der Waals surface area contributed by atoms with Crippen LogP contribution < -0.4 is 0 Å². The van der Waals surface area contributed by atoms with E-state index < -0.39 is 0 Å². The van der Waals surface area contributed by atoms with E-state index in [9.17, 15) is 0 Å².